The predicted octanol–water partition coefficient (Wildman–Crippen LogP) is 1.65. The predicted molar refractivity (Wildman–Crippen MR) is 63.8 cm³/mol. The van der Waals surface area contributed by atoms with Crippen LogP contribution in [0.4, 0.5) is 0 Å². The maximum atomic E-state index is 8.92. The summed E-state index contributed by atoms with van der Waals surface area (Å²) < 4.78 is 10.2. The highest BCUT2D eigenvalue weighted by Gasteiger charge is 2.11. The van der Waals surface area contributed by atoms with Crippen molar-refractivity contribution < 1.29 is 14.6 Å². The molecule has 0 aliphatic carbocycles. The van der Waals surface area contributed by atoms with Crippen molar-refractivity contribution in [1.82, 2.24) is 0 Å². The summed E-state index contributed by atoms with van der Waals surface area (Å²) in [6.45, 7) is 0. The molecule has 5 heteroatoms. The van der Waals surface area contributed by atoms with Crippen LogP contribution in [0.2, 0.25) is 5.02 Å². The monoisotopic (exact) mass is 243 g/mol. The summed E-state index contributed by atoms with van der Waals surface area (Å²) in [4.78, 5) is 0. The molecule has 0 amide bonds. The molecular formula is C11H14ClNO3. The van der Waals surface area contributed by atoms with E-state index in [-0.39, 0.29) is 0 Å². The van der Waals surface area contributed by atoms with Crippen LogP contribution in [-0.4, -0.2) is 25.6 Å². The average molecular weight is 244 g/mol. The highest BCUT2D eigenvalue weighted by molar-refractivity contribution is 6.33. The first-order valence-corrected chi connectivity index (χ1v) is 5.00. The number of aliphatic hydroxyl groups is 1. The van der Waals surface area contributed by atoms with Crippen LogP contribution in [0.1, 0.15) is 5.56 Å². The fourth-order valence-electron chi connectivity index (χ4n) is 1.24. The lowest BCUT2D eigenvalue weighted by Gasteiger charge is -2.10. The first-order valence-electron chi connectivity index (χ1n) is 4.62. The quantitative estimate of drug-likeness (QED) is 0.790. The van der Waals surface area contributed by atoms with Crippen molar-refractivity contribution in [2.75, 3.05) is 14.2 Å². The Morgan fingerprint density at radius 1 is 1.38 bits per heavy atom. The molecule has 0 aliphatic rings. The van der Waals surface area contributed by atoms with E-state index in [1.165, 1.54) is 20.3 Å². The fraction of sp³-hybridized carbons (Fsp3) is 0.273. The Balaban J connectivity index is 3.14. The van der Waals surface area contributed by atoms with Crippen molar-refractivity contribution in [1.29, 1.82) is 0 Å². The number of nitrogens with two attached hydrogens (primary N) is 1. The molecule has 0 aromatic heterocycles. The molecule has 0 spiro atoms. The van der Waals surface area contributed by atoms with Gasteiger partial charge < -0.3 is 20.3 Å². The smallest absolute Gasteiger partial charge is 0.179 e. The van der Waals surface area contributed by atoms with Gasteiger partial charge >= 0.3 is 0 Å². The second-order valence-corrected chi connectivity index (χ2v) is 3.43. The van der Waals surface area contributed by atoms with Gasteiger partial charge in [0.2, 0.25) is 0 Å². The van der Waals surface area contributed by atoms with E-state index < -0.39 is 6.23 Å². The van der Waals surface area contributed by atoms with Crippen molar-refractivity contribution in [3.63, 3.8) is 0 Å². The molecule has 4 nitrogen and oxygen atoms in total. The van der Waals surface area contributed by atoms with Gasteiger partial charge in [-0.1, -0.05) is 17.7 Å². The second kappa shape index (κ2) is 5.75. The zero-order valence-corrected chi connectivity index (χ0v) is 9.86. The number of halogens is 1. The van der Waals surface area contributed by atoms with Gasteiger partial charge in [-0.25, -0.2) is 0 Å². The third-order valence-electron chi connectivity index (χ3n) is 1.99. The van der Waals surface area contributed by atoms with E-state index in [1.807, 2.05) is 0 Å². The minimum absolute atomic E-state index is 0.416. The lowest BCUT2D eigenvalue weighted by atomic mass is 10.2. The Bertz CT molecular complexity index is 391. The highest BCUT2D eigenvalue weighted by Crippen LogP contribution is 2.37. The van der Waals surface area contributed by atoms with E-state index in [0.29, 0.717) is 22.1 Å². The molecule has 1 aromatic rings. The molecule has 0 aliphatic heterocycles. The zero-order chi connectivity index (χ0) is 12.1. The van der Waals surface area contributed by atoms with E-state index >= 15 is 0 Å². The van der Waals surface area contributed by atoms with Gasteiger partial charge in [0.25, 0.3) is 0 Å². The number of aliphatic hydroxyl groups excluding tert-OH is 1. The van der Waals surface area contributed by atoms with Crippen LogP contribution in [0.5, 0.6) is 11.5 Å². The number of methoxy groups -OCH3 is 2. The third kappa shape index (κ3) is 2.88. The van der Waals surface area contributed by atoms with Crippen molar-refractivity contribution >= 4 is 17.7 Å². The number of benzene rings is 1. The number of rotatable bonds is 4. The van der Waals surface area contributed by atoms with Crippen LogP contribution in [0.15, 0.2) is 18.2 Å². The Labute approximate surface area is 99.2 Å². The normalized spacial score (nSPS) is 12.8. The number of hydrogen-bond donors (Lipinski definition) is 2. The zero-order valence-electron chi connectivity index (χ0n) is 9.11. The van der Waals surface area contributed by atoms with Crippen molar-refractivity contribution in [2.45, 2.75) is 6.23 Å². The first-order chi connectivity index (χ1) is 7.60. The van der Waals surface area contributed by atoms with Gasteiger partial charge in [-0.3, -0.25) is 0 Å². The molecule has 0 saturated carbocycles. The van der Waals surface area contributed by atoms with Crippen LogP contribution in [0.3, 0.4) is 0 Å². The summed E-state index contributed by atoms with van der Waals surface area (Å²) in [5.41, 5.74) is 5.88. The Kier molecular flexibility index (Phi) is 4.61. The minimum atomic E-state index is -1.01. The van der Waals surface area contributed by atoms with Crippen LogP contribution in [0.25, 0.3) is 6.08 Å². The molecule has 0 bridgehead atoms. The molecule has 1 aromatic carbocycles. The Morgan fingerprint density at radius 2 is 2.06 bits per heavy atom. The van der Waals surface area contributed by atoms with Gasteiger partial charge in [-0.05, 0) is 23.8 Å². The lowest BCUT2D eigenvalue weighted by molar-refractivity contribution is 0.232. The molecule has 88 valence electrons. The van der Waals surface area contributed by atoms with E-state index in [9.17, 15) is 0 Å². The van der Waals surface area contributed by atoms with Crippen molar-refractivity contribution in [3.8, 4) is 11.5 Å². The van der Waals surface area contributed by atoms with E-state index in [4.69, 9.17) is 31.9 Å². The molecule has 16 heavy (non-hydrogen) atoms. The number of hydrogen-bond acceptors (Lipinski definition) is 4. The summed E-state index contributed by atoms with van der Waals surface area (Å²) in [5, 5.41) is 9.34. The standard InChI is InChI=1S/C11H14ClNO3/c1-15-8-5-3-7(4-6-9(13)14)10(12)11(8)16-2/h3-6,9,14H,13H2,1-2H3/b6-4+/t9-/m0/s1. The van der Waals surface area contributed by atoms with Crippen molar-refractivity contribution in [3.05, 3.63) is 28.8 Å². The summed E-state index contributed by atoms with van der Waals surface area (Å²) in [5.74, 6) is 1.01. The summed E-state index contributed by atoms with van der Waals surface area (Å²) in [6.07, 6.45) is 2.03. The summed E-state index contributed by atoms with van der Waals surface area (Å²) >= 11 is 6.10. The Morgan fingerprint density at radius 3 is 2.56 bits per heavy atom. The molecule has 0 fully saturated rings. The molecular weight excluding hydrogens is 230 g/mol. The second-order valence-electron chi connectivity index (χ2n) is 3.05. The SMILES string of the molecule is COc1ccc(/C=C/[C@@H](N)O)c(Cl)c1OC. The van der Waals surface area contributed by atoms with Crippen LogP contribution < -0.4 is 15.2 Å². The molecule has 0 heterocycles. The largest absolute Gasteiger partial charge is 0.493 e. The topological polar surface area (TPSA) is 64.7 Å². The molecule has 1 rings (SSSR count). The Hall–Kier alpha value is -1.23. The first kappa shape index (κ1) is 12.8. The van der Waals surface area contributed by atoms with Gasteiger partial charge in [-0.2, -0.15) is 0 Å². The third-order valence-corrected chi connectivity index (χ3v) is 2.38. The van der Waals surface area contributed by atoms with Gasteiger partial charge in [0.05, 0.1) is 19.2 Å². The van der Waals surface area contributed by atoms with Crippen molar-refractivity contribution in [2.24, 2.45) is 5.73 Å². The van der Waals surface area contributed by atoms with Gasteiger partial charge in [-0.15, -0.1) is 0 Å². The summed E-state index contributed by atoms with van der Waals surface area (Å²) in [6, 6.07) is 3.48. The minimum Gasteiger partial charge on any atom is -0.493 e. The van der Waals surface area contributed by atoms with Crippen LogP contribution >= 0.6 is 11.6 Å². The van der Waals surface area contributed by atoms with Gasteiger partial charge in [0, 0.05) is 0 Å². The van der Waals surface area contributed by atoms with Gasteiger partial charge in [0.1, 0.15) is 6.23 Å². The molecule has 1 atom stereocenters. The van der Waals surface area contributed by atoms with E-state index in [1.54, 1.807) is 18.2 Å². The van der Waals surface area contributed by atoms with E-state index in [2.05, 4.69) is 0 Å². The summed E-state index contributed by atoms with van der Waals surface area (Å²) in [7, 11) is 3.04. The van der Waals surface area contributed by atoms with E-state index in [0.717, 1.165) is 0 Å². The van der Waals surface area contributed by atoms with Crippen LogP contribution in [-0.2, 0) is 0 Å². The average Bonchev–Trinajstić information content (AvgIpc) is 2.26. The van der Waals surface area contributed by atoms with Gasteiger partial charge in [0.15, 0.2) is 11.5 Å². The molecule has 0 unspecified atom stereocenters. The highest BCUT2D eigenvalue weighted by atomic mass is 35.5. The maximum absolute atomic E-state index is 8.92. The fourth-order valence-corrected chi connectivity index (χ4v) is 1.53. The molecule has 0 saturated heterocycles. The maximum Gasteiger partial charge on any atom is 0.179 e. The molecule has 3 N–H and O–H groups in total. The van der Waals surface area contributed by atoms with Crippen LogP contribution in [0, 0.1) is 0 Å². The lowest BCUT2D eigenvalue weighted by Crippen LogP contribution is -2.14. The molecule has 0 radical (unpaired) electrons. The number of ether oxygens (including phenoxy) is 2.